The Bertz CT molecular complexity index is 976. The number of rotatable bonds is 6. The summed E-state index contributed by atoms with van der Waals surface area (Å²) in [6.07, 6.45) is 1.51. The van der Waals surface area contributed by atoms with Gasteiger partial charge in [0.15, 0.2) is 0 Å². The second-order valence-electron chi connectivity index (χ2n) is 5.64. The highest BCUT2D eigenvalue weighted by atomic mass is 79.9. The normalized spacial score (nSPS) is 10.7. The summed E-state index contributed by atoms with van der Waals surface area (Å²) < 4.78 is 6.80. The Balaban J connectivity index is 1.67. The summed E-state index contributed by atoms with van der Waals surface area (Å²) in [4.78, 5) is 12.5. The van der Waals surface area contributed by atoms with Gasteiger partial charge in [-0.1, -0.05) is 70.0 Å². The molecule has 136 valence electrons. The predicted molar refractivity (Wildman–Crippen MR) is 111 cm³/mol. The van der Waals surface area contributed by atoms with E-state index in [4.69, 9.17) is 16.3 Å². The molecule has 3 rings (SSSR count). The van der Waals surface area contributed by atoms with Crippen molar-refractivity contribution >= 4 is 39.7 Å². The van der Waals surface area contributed by atoms with E-state index in [1.54, 1.807) is 24.3 Å². The van der Waals surface area contributed by atoms with Crippen molar-refractivity contribution in [2.75, 3.05) is 0 Å². The van der Waals surface area contributed by atoms with Gasteiger partial charge in [-0.15, -0.1) is 0 Å². The van der Waals surface area contributed by atoms with Crippen molar-refractivity contribution in [3.8, 4) is 5.75 Å². The van der Waals surface area contributed by atoms with E-state index >= 15 is 0 Å². The van der Waals surface area contributed by atoms with Gasteiger partial charge >= 0.3 is 0 Å². The fourth-order valence-corrected chi connectivity index (χ4v) is 3.00. The van der Waals surface area contributed by atoms with Crippen LogP contribution in [0.15, 0.2) is 82.4 Å². The molecule has 4 nitrogen and oxygen atoms in total. The number of nitrogens with one attached hydrogen (secondary N) is 1. The number of hydrazone groups is 1. The van der Waals surface area contributed by atoms with E-state index in [9.17, 15) is 4.79 Å². The Morgan fingerprint density at radius 3 is 2.67 bits per heavy atom. The predicted octanol–water partition coefficient (Wildman–Crippen LogP) is 5.45. The minimum Gasteiger partial charge on any atom is -0.488 e. The highest BCUT2D eigenvalue weighted by Gasteiger charge is 2.11. The van der Waals surface area contributed by atoms with Gasteiger partial charge in [-0.25, -0.2) is 5.43 Å². The molecule has 0 fully saturated rings. The average Bonchev–Trinajstić information content (AvgIpc) is 2.68. The minimum absolute atomic E-state index is 0.354. The standard InChI is InChI=1S/C21H16BrClN2O2/c22-17-8-5-6-15(12-17)14-27-20-11-4-2-9-18(20)21(26)25-24-13-16-7-1-3-10-19(16)23/h1-13H,14H2,(H,25,26). The summed E-state index contributed by atoms with van der Waals surface area (Å²) in [7, 11) is 0. The quantitative estimate of drug-likeness (QED) is 0.407. The largest absolute Gasteiger partial charge is 0.488 e. The first-order valence-corrected chi connectivity index (χ1v) is 9.35. The number of benzene rings is 3. The number of hydrogen-bond acceptors (Lipinski definition) is 3. The number of hydrogen-bond donors (Lipinski definition) is 1. The fourth-order valence-electron chi connectivity index (χ4n) is 2.37. The summed E-state index contributed by atoms with van der Waals surface area (Å²) in [5.41, 5.74) is 4.63. The Hall–Kier alpha value is -2.63. The zero-order valence-corrected chi connectivity index (χ0v) is 16.6. The maximum atomic E-state index is 12.5. The molecule has 0 aliphatic rings. The lowest BCUT2D eigenvalue weighted by atomic mass is 10.2. The van der Waals surface area contributed by atoms with Gasteiger partial charge in [-0.3, -0.25) is 4.79 Å². The van der Waals surface area contributed by atoms with Gasteiger partial charge in [-0.2, -0.15) is 5.10 Å². The number of carbonyl (C=O) groups is 1. The van der Waals surface area contributed by atoms with Gasteiger partial charge in [0.05, 0.1) is 11.8 Å². The molecule has 1 N–H and O–H groups in total. The molecule has 0 saturated heterocycles. The molecule has 0 saturated carbocycles. The lowest BCUT2D eigenvalue weighted by molar-refractivity contribution is 0.0950. The summed E-state index contributed by atoms with van der Waals surface area (Å²) >= 11 is 9.50. The van der Waals surface area contributed by atoms with Crippen LogP contribution in [0.3, 0.4) is 0 Å². The van der Waals surface area contributed by atoms with Crippen LogP contribution in [0, 0.1) is 0 Å². The molecule has 3 aromatic rings. The first kappa shape index (κ1) is 19.1. The summed E-state index contributed by atoms with van der Waals surface area (Å²) in [5.74, 6) is 0.131. The molecule has 0 radical (unpaired) electrons. The maximum absolute atomic E-state index is 12.5. The van der Waals surface area contributed by atoms with Gasteiger partial charge in [0.25, 0.3) is 5.91 Å². The smallest absolute Gasteiger partial charge is 0.275 e. The molecule has 0 unspecified atom stereocenters. The van der Waals surface area contributed by atoms with Crippen LogP contribution in [0.4, 0.5) is 0 Å². The van der Waals surface area contributed by atoms with Crippen LogP contribution >= 0.6 is 27.5 Å². The first-order chi connectivity index (χ1) is 13.1. The van der Waals surface area contributed by atoms with Crippen molar-refractivity contribution in [3.63, 3.8) is 0 Å². The summed E-state index contributed by atoms with van der Waals surface area (Å²) in [5, 5.41) is 4.54. The molecule has 3 aromatic carbocycles. The van der Waals surface area contributed by atoms with Crippen LogP contribution < -0.4 is 10.2 Å². The van der Waals surface area contributed by atoms with Gasteiger partial charge < -0.3 is 4.74 Å². The topological polar surface area (TPSA) is 50.7 Å². The fraction of sp³-hybridized carbons (Fsp3) is 0.0476. The monoisotopic (exact) mass is 442 g/mol. The number of para-hydroxylation sites is 1. The number of ether oxygens (including phenoxy) is 1. The highest BCUT2D eigenvalue weighted by Crippen LogP contribution is 2.20. The summed E-state index contributed by atoms with van der Waals surface area (Å²) in [6, 6.07) is 22.1. The van der Waals surface area contributed by atoms with Crippen molar-refractivity contribution in [1.82, 2.24) is 5.43 Å². The van der Waals surface area contributed by atoms with E-state index in [0.29, 0.717) is 22.9 Å². The van der Waals surface area contributed by atoms with Crippen LogP contribution in [-0.4, -0.2) is 12.1 Å². The third-order valence-corrected chi connectivity index (χ3v) is 4.53. The molecule has 27 heavy (non-hydrogen) atoms. The van der Waals surface area contributed by atoms with Crippen LogP contribution in [0.25, 0.3) is 0 Å². The van der Waals surface area contributed by atoms with E-state index in [1.807, 2.05) is 48.5 Å². The van der Waals surface area contributed by atoms with Crippen molar-refractivity contribution in [2.45, 2.75) is 6.61 Å². The van der Waals surface area contributed by atoms with E-state index in [-0.39, 0.29) is 5.91 Å². The Morgan fingerprint density at radius 1 is 1.07 bits per heavy atom. The SMILES string of the molecule is O=C(NN=Cc1ccccc1Cl)c1ccccc1OCc1cccc(Br)c1. The molecule has 0 atom stereocenters. The van der Waals surface area contributed by atoms with Crippen molar-refractivity contribution < 1.29 is 9.53 Å². The number of halogens is 2. The third kappa shape index (κ3) is 5.42. The highest BCUT2D eigenvalue weighted by molar-refractivity contribution is 9.10. The zero-order valence-electron chi connectivity index (χ0n) is 14.2. The van der Waals surface area contributed by atoms with E-state index < -0.39 is 0 Å². The molecule has 0 aliphatic carbocycles. The average molecular weight is 444 g/mol. The molecule has 1 amide bonds. The number of carbonyl (C=O) groups excluding carboxylic acids is 1. The maximum Gasteiger partial charge on any atom is 0.275 e. The molecule has 0 aliphatic heterocycles. The van der Waals surface area contributed by atoms with Crippen molar-refractivity contribution in [1.29, 1.82) is 0 Å². The first-order valence-electron chi connectivity index (χ1n) is 8.17. The second kappa shape index (κ2) is 9.35. The Kier molecular flexibility index (Phi) is 6.63. The van der Waals surface area contributed by atoms with Crippen molar-refractivity contribution in [3.05, 3.63) is 99.0 Å². The van der Waals surface area contributed by atoms with Crippen LogP contribution in [0.1, 0.15) is 21.5 Å². The van der Waals surface area contributed by atoms with Gasteiger partial charge in [-0.05, 0) is 35.9 Å². The number of amides is 1. The van der Waals surface area contributed by atoms with E-state index in [0.717, 1.165) is 15.6 Å². The molecule has 0 bridgehead atoms. The molecular weight excluding hydrogens is 428 g/mol. The lowest BCUT2D eigenvalue weighted by Gasteiger charge is -2.10. The van der Waals surface area contributed by atoms with E-state index in [1.165, 1.54) is 6.21 Å². The minimum atomic E-state index is -0.358. The zero-order chi connectivity index (χ0) is 19.1. The van der Waals surface area contributed by atoms with E-state index in [2.05, 4.69) is 26.5 Å². The summed E-state index contributed by atoms with van der Waals surface area (Å²) in [6.45, 7) is 0.354. The van der Waals surface area contributed by atoms with Gasteiger partial charge in [0, 0.05) is 15.1 Å². The van der Waals surface area contributed by atoms with Gasteiger partial charge in [0.2, 0.25) is 0 Å². The lowest BCUT2D eigenvalue weighted by Crippen LogP contribution is -2.18. The Morgan fingerprint density at radius 2 is 1.85 bits per heavy atom. The van der Waals surface area contributed by atoms with Crippen LogP contribution in [0.5, 0.6) is 5.75 Å². The molecule has 6 heteroatoms. The molecule has 0 heterocycles. The van der Waals surface area contributed by atoms with Crippen LogP contribution in [0.2, 0.25) is 5.02 Å². The second-order valence-corrected chi connectivity index (χ2v) is 6.96. The number of nitrogens with zero attached hydrogens (tertiary/aromatic N) is 1. The molecule has 0 aromatic heterocycles. The molecular formula is C21H16BrClN2O2. The Labute approximate surface area is 171 Å². The molecule has 0 spiro atoms. The van der Waals surface area contributed by atoms with Crippen molar-refractivity contribution in [2.24, 2.45) is 5.10 Å². The van der Waals surface area contributed by atoms with Crippen LogP contribution in [-0.2, 0) is 6.61 Å². The third-order valence-electron chi connectivity index (χ3n) is 3.69. The van der Waals surface area contributed by atoms with Gasteiger partial charge in [0.1, 0.15) is 12.4 Å².